The molecule has 1 N–H and O–H groups in total. The molecule has 2 nitrogen and oxygen atoms in total. The lowest BCUT2D eigenvalue weighted by Gasteiger charge is -2.21. The topological polar surface area (TPSA) is 21.3 Å². The molecule has 0 spiro atoms. The highest BCUT2D eigenvalue weighted by Gasteiger charge is 2.11. The Balaban J connectivity index is 2.17. The number of rotatable bonds is 4. The van der Waals surface area contributed by atoms with Gasteiger partial charge in [-0.25, -0.2) is 4.39 Å². The van der Waals surface area contributed by atoms with Crippen LogP contribution in [0.4, 0.5) is 4.39 Å². The van der Waals surface area contributed by atoms with Crippen LogP contribution in [-0.2, 0) is 6.54 Å². The quantitative estimate of drug-likeness (QED) is 0.810. The van der Waals surface area contributed by atoms with Crippen molar-refractivity contribution in [1.29, 1.82) is 0 Å². The van der Waals surface area contributed by atoms with Gasteiger partial charge < -0.3 is 10.1 Å². The molecule has 112 valence electrons. The van der Waals surface area contributed by atoms with Crippen LogP contribution >= 0.6 is 15.9 Å². The molecular formula is C17H19BrFNO. The van der Waals surface area contributed by atoms with Crippen LogP contribution in [-0.4, -0.2) is 5.54 Å². The van der Waals surface area contributed by atoms with Crippen LogP contribution in [0.25, 0.3) is 0 Å². The highest BCUT2D eigenvalue weighted by atomic mass is 79.9. The van der Waals surface area contributed by atoms with Gasteiger partial charge in [0.1, 0.15) is 17.3 Å². The summed E-state index contributed by atoms with van der Waals surface area (Å²) in [5, 5.41) is 3.42. The van der Waals surface area contributed by atoms with E-state index < -0.39 is 0 Å². The largest absolute Gasteiger partial charge is 0.457 e. The van der Waals surface area contributed by atoms with Crippen LogP contribution in [0.3, 0.4) is 0 Å². The first kappa shape index (κ1) is 16.0. The Morgan fingerprint density at radius 1 is 1.14 bits per heavy atom. The number of para-hydroxylation sites is 1. The summed E-state index contributed by atoms with van der Waals surface area (Å²) in [7, 11) is 0. The molecule has 0 aliphatic heterocycles. The molecule has 2 rings (SSSR count). The monoisotopic (exact) mass is 351 g/mol. The maximum atomic E-state index is 13.5. The van der Waals surface area contributed by atoms with E-state index in [0.29, 0.717) is 16.8 Å². The van der Waals surface area contributed by atoms with E-state index in [0.717, 1.165) is 11.3 Å². The molecule has 0 heterocycles. The standard InChI is InChI=1S/C17H19BrFNO/c1-17(2,3)20-11-12-6-4-5-7-16(12)21-13-8-9-14(18)15(19)10-13/h4-10,20H,11H2,1-3H3. The van der Waals surface area contributed by atoms with Crippen molar-refractivity contribution in [3.05, 3.63) is 58.3 Å². The predicted octanol–water partition coefficient (Wildman–Crippen LogP) is 5.27. The van der Waals surface area contributed by atoms with Crippen molar-refractivity contribution < 1.29 is 9.13 Å². The fourth-order valence-corrected chi connectivity index (χ4v) is 2.02. The Kier molecular flexibility index (Phi) is 5.01. The zero-order valence-corrected chi connectivity index (χ0v) is 14.0. The molecular weight excluding hydrogens is 333 g/mol. The second-order valence-corrected chi connectivity index (χ2v) is 6.74. The molecule has 0 amide bonds. The van der Waals surface area contributed by atoms with E-state index >= 15 is 0 Å². The van der Waals surface area contributed by atoms with Crippen LogP contribution in [0.5, 0.6) is 11.5 Å². The van der Waals surface area contributed by atoms with E-state index in [1.54, 1.807) is 12.1 Å². The van der Waals surface area contributed by atoms with Gasteiger partial charge in [-0.3, -0.25) is 0 Å². The lowest BCUT2D eigenvalue weighted by Crippen LogP contribution is -2.35. The highest BCUT2D eigenvalue weighted by molar-refractivity contribution is 9.10. The summed E-state index contributed by atoms with van der Waals surface area (Å²) in [4.78, 5) is 0. The molecule has 0 aliphatic rings. The van der Waals surface area contributed by atoms with Crippen molar-refractivity contribution in [3.8, 4) is 11.5 Å². The van der Waals surface area contributed by atoms with Gasteiger partial charge in [0, 0.05) is 23.7 Å². The van der Waals surface area contributed by atoms with Gasteiger partial charge in [0.2, 0.25) is 0 Å². The zero-order chi connectivity index (χ0) is 15.5. The van der Waals surface area contributed by atoms with Gasteiger partial charge in [0.05, 0.1) is 4.47 Å². The van der Waals surface area contributed by atoms with Gasteiger partial charge in [-0.15, -0.1) is 0 Å². The molecule has 4 heteroatoms. The molecule has 0 radical (unpaired) electrons. The predicted molar refractivity (Wildman–Crippen MR) is 87.2 cm³/mol. The van der Waals surface area contributed by atoms with Gasteiger partial charge in [-0.05, 0) is 54.9 Å². The van der Waals surface area contributed by atoms with Crippen molar-refractivity contribution in [2.24, 2.45) is 0 Å². The Morgan fingerprint density at radius 3 is 2.52 bits per heavy atom. The highest BCUT2D eigenvalue weighted by Crippen LogP contribution is 2.28. The zero-order valence-electron chi connectivity index (χ0n) is 12.4. The summed E-state index contributed by atoms with van der Waals surface area (Å²) < 4.78 is 19.8. The van der Waals surface area contributed by atoms with Gasteiger partial charge >= 0.3 is 0 Å². The van der Waals surface area contributed by atoms with Gasteiger partial charge in [-0.2, -0.15) is 0 Å². The number of hydrogen-bond acceptors (Lipinski definition) is 2. The average molecular weight is 352 g/mol. The van der Waals surface area contributed by atoms with E-state index in [1.807, 2.05) is 24.3 Å². The summed E-state index contributed by atoms with van der Waals surface area (Å²) >= 11 is 3.14. The molecule has 0 bridgehead atoms. The smallest absolute Gasteiger partial charge is 0.141 e. The fraction of sp³-hybridized carbons (Fsp3) is 0.294. The van der Waals surface area contributed by atoms with E-state index in [4.69, 9.17) is 4.74 Å². The fourth-order valence-electron chi connectivity index (χ4n) is 1.78. The second-order valence-electron chi connectivity index (χ2n) is 5.89. The van der Waals surface area contributed by atoms with Crippen LogP contribution < -0.4 is 10.1 Å². The molecule has 0 fully saturated rings. The van der Waals surface area contributed by atoms with Crippen LogP contribution in [0, 0.1) is 5.82 Å². The summed E-state index contributed by atoms with van der Waals surface area (Å²) in [6.07, 6.45) is 0. The number of ether oxygens (including phenoxy) is 1. The summed E-state index contributed by atoms with van der Waals surface area (Å²) in [5.41, 5.74) is 1.06. The molecule has 0 aliphatic carbocycles. The van der Waals surface area contributed by atoms with Crippen molar-refractivity contribution >= 4 is 15.9 Å². The molecule has 2 aromatic rings. The van der Waals surface area contributed by atoms with E-state index in [-0.39, 0.29) is 11.4 Å². The van der Waals surface area contributed by atoms with Crippen molar-refractivity contribution in [1.82, 2.24) is 5.32 Å². The van der Waals surface area contributed by atoms with E-state index in [9.17, 15) is 4.39 Å². The Labute approximate surface area is 133 Å². The number of benzene rings is 2. The van der Waals surface area contributed by atoms with Crippen molar-refractivity contribution in [2.45, 2.75) is 32.9 Å². The third-order valence-electron chi connectivity index (χ3n) is 2.90. The first-order valence-corrected chi connectivity index (χ1v) is 7.60. The lowest BCUT2D eigenvalue weighted by molar-refractivity contribution is 0.413. The molecule has 0 aromatic heterocycles. The van der Waals surface area contributed by atoms with Crippen molar-refractivity contribution in [2.75, 3.05) is 0 Å². The minimum absolute atomic E-state index is 0.0246. The molecule has 2 aromatic carbocycles. The maximum Gasteiger partial charge on any atom is 0.141 e. The third kappa shape index (κ3) is 4.83. The Hall–Kier alpha value is -1.39. The van der Waals surface area contributed by atoms with Crippen molar-refractivity contribution in [3.63, 3.8) is 0 Å². The molecule has 0 saturated carbocycles. The summed E-state index contributed by atoms with van der Waals surface area (Å²) in [6, 6.07) is 12.5. The van der Waals surface area contributed by atoms with Crippen LogP contribution in [0.2, 0.25) is 0 Å². The molecule has 0 saturated heterocycles. The average Bonchev–Trinajstić information content (AvgIpc) is 2.41. The van der Waals surface area contributed by atoms with Gasteiger partial charge in [0.15, 0.2) is 0 Å². The van der Waals surface area contributed by atoms with E-state index in [1.165, 1.54) is 6.07 Å². The first-order valence-electron chi connectivity index (χ1n) is 6.81. The number of halogens is 2. The van der Waals surface area contributed by atoms with Gasteiger partial charge in [0.25, 0.3) is 0 Å². The number of nitrogens with one attached hydrogen (secondary N) is 1. The van der Waals surface area contributed by atoms with Crippen LogP contribution in [0.15, 0.2) is 46.9 Å². The van der Waals surface area contributed by atoms with Gasteiger partial charge in [-0.1, -0.05) is 18.2 Å². The third-order valence-corrected chi connectivity index (χ3v) is 3.54. The molecule has 21 heavy (non-hydrogen) atoms. The summed E-state index contributed by atoms with van der Waals surface area (Å²) in [6.45, 7) is 7.03. The molecule has 0 unspecified atom stereocenters. The SMILES string of the molecule is CC(C)(C)NCc1ccccc1Oc1ccc(Br)c(F)c1. The van der Waals surface area contributed by atoms with E-state index in [2.05, 4.69) is 42.0 Å². The second kappa shape index (κ2) is 6.58. The minimum Gasteiger partial charge on any atom is -0.457 e. The molecule has 0 atom stereocenters. The number of hydrogen-bond donors (Lipinski definition) is 1. The summed E-state index contributed by atoms with van der Waals surface area (Å²) in [5.74, 6) is 0.882. The lowest BCUT2D eigenvalue weighted by atomic mass is 10.1. The Bertz CT molecular complexity index is 622. The minimum atomic E-state index is -0.335. The Morgan fingerprint density at radius 2 is 1.86 bits per heavy atom. The van der Waals surface area contributed by atoms with Crippen LogP contribution in [0.1, 0.15) is 26.3 Å². The maximum absolute atomic E-state index is 13.5. The normalized spacial score (nSPS) is 11.5. The first-order chi connectivity index (χ1) is 9.85.